The van der Waals surface area contributed by atoms with E-state index in [4.69, 9.17) is 9.84 Å². The Kier molecular flexibility index (Phi) is 9.26. The van der Waals surface area contributed by atoms with E-state index in [0.29, 0.717) is 47.6 Å². The van der Waals surface area contributed by atoms with E-state index in [1.165, 1.54) is 4.57 Å². The van der Waals surface area contributed by atoms with E-state index < -0.39 is 0 Å². The molecule has 1 amide bonds. The van der Waals surface area contributed by atoms with Crippen LogP contribution in [0, 0.1) is 5.41 Å². The number of methoxy groups -OCH3 is 1. The topological polar surface area (TPSA) is 84.7 Å². The number of aliphatic hydroxyl groups is 1. The number of aliphatic hydroxyl groups excluding tert-OH is 1. The van der Waals surface area contributed by atoms with Crippen molar-refractivity contribution in [1.82, 2.24) is 14.5 Å². The number of nitrogens with zero attached hydrogens (tertiary/aromatic N) is 3. The summed E-state index contributed by atoms with van der Waals surface area (Å²) in [7, 11) is 1.57. The maximum atomic E-state index is 13.7. The van der Waals surface area contributed by atoms with Gasteiger partial charge in [-0.05, 0) is 48.8 Å². The Balaban J connectivity index is 2.04. The molecule has 1 heterocycles. The fourth-order valence-corrected chi connectivity index (χ4v) is 4.14. The highest BCUT2D eigenvalue weighted by molar-refractivity contribution is 5.83. The second-order valence-electron chi connectivity index (χ2n) is 10.4. The summed E-state index contributed by atoms with van der Waals surface area (Å²) in [5.41, 5.74) is 3.09. The predicted octanol–water partition coefficient (Wildman–Crippen LogP) is 4.67. The summed E-state index contributed by atoms with van der Waals surface area (Å²) in [4.78, 5) is 33.7. The molecule has 3 rings (SSSR count). The van der Waals surface area contributed by atoms with Crippen molar-refractivity contribution in [3.8, 4) is 17.0 Å². The first-order chi connectivity index (χ1) is 17.2. The number of hydrogen-bond donors (Lipinski definition) is 1. The zero-order chi connectivity index (χ0) is 26.3. The summed E-state index contributed by atoms with van der Waals surface area (Å²) >= 11 is 0. The summed E-state index contributed by atoms with van der Waals surface area (Å²) in [6, 6.07) is 13.1. The molecule has 194 valence electrons. The molecule has 3 aromatic rings. The van der Waals surface area contributed by atoms with Crippen molar-refractivity contribution in [3.63, 3.8) is 0 Å². The number of amides is 1. The number of hydrogen-bond acceptors (Lipinski definition) is 5. The van der Waals surface area contributed by atoms with Crippen molar-refractivity contribution in [2.45, 2.75) is 59.9 Å². The molecule has 0 saturated heterocycles. The third kappa shape index (κ3) is 6.94. The zero-order valence-corrected chi connectivity index (χ0v) is 22.2. The van der Waals surface area contributed by atoms with Gasteiger partial charge >= 0.3 is 0 Å². The van der Waals surface area contributed by atoms with Gasteiger partial charge in [-0.3, -0.25) is 14.2 Å². The van der Waals surface area contributed by atoms with E-state index in [1.54, 1.807) is 19.2 Å². The van der Waals surface area contributed by atoms with E-state index in [2.05, 4.69) is 32.7 Å². The average Bonchev–Trinajstić information content (AvgIpc) is 2.86. The van der Waals surface area contributed by atoms with E-state index >= 15 is 0 Å². The molecule has 0 atom stereocenters. The van der Waals surface area contributed by atoms with Crippen LogP contribution in [0.4, 0.5) is 0 Å². The van der Waals surface area contributed by atoms with E-state index in [1.807, 2.05) is 35.2 Å². The van der Waals surface area contributed by atoms with Crippen LogP contribution in [0.1, 0.15) is 52.5 Å². The third-order valence-corrected chi connectivity index (χ3v) is 6.28. The number of carbonyl (C=O) groups is 1. The molecule has 0 bridgehead atoms. The minimum absolute atomic E-state index is 0.0588. The molecule has 0 spiro atoms. The highest BCUT2D eigenvalue weighted by Crippen LogP contribution is 2.23. The summed E-state index contributed by atoms with van der Waals surface area (Å²) < 4.78 is 6.92. The molecule has 0 saturated carbocycles. The summed E-state index contributed by atoms with van der Waals surface area (Å²) in [6.45, 7) is 9.93. The van der Waals surface area contributed by atoms with Crippen molar-refractivity contribution in [3.05, 3.63) is 58.4 Å². The Morgan fingerprint density at radius 2 is 1.83 bits per heavy atom. The lowest BCUT2D eigenvalue weighted by molar-refractivity contribution is -0.132. The fourth-order valence-electron chi connectivity index (χ4n) is 4.14. The quantitative estimate of drug-likeness (QED) is 0.420. The maximum absolute atomic E-state index is 13.7. The van der Waals surface area contributed by atoms with Crippen LogP contribution in [-0.4, -0.2) is 52.3 Å². The summed E-state index contributed by atoms with van der Waals surface area (Å²) in [5.74, 6) is 0.521. The van der Waals surface area contributed by atoms with Gasteiger partial charge in [-0.25, -0.2) is 4.98 Å². The highest BCUT2D eigenvalue weighted by Gasteiger charge is 2.21. The molecule has 1 N–H and O–H groups in total. The van der Waals surface area contributed by atoms with Gasteiger partial charge in [0.25, 0.3) is 5.56 Å². The van der Waals surface area contributed by atoms with Gasteiger partial charge in [0.05, 0.1) is 18.1 Å². The Hall–Kier alpha value is -3.19. The van der Waals surface area contributed by atoms with Gasteiger partial charge in [-0.2, -0.15) is 0 Å². The van der Waals surface area contributed by atoms with Crippen LogP contribution in [-0.2, 0) is 17.8 Å². The molecule has 7 nitrogen and oxygen atoms in total. The van der Waals surface area contributed by atoms with Crippen molar-refractivity contribution in [1.29, 1.82) is 0 Å². The Labute approximate surface area is 213 Å². The van der Waals surface area contributed by atoms with Gasteiger partial charge in [-0.1, -0.05) is 52.0 Å². The molecule has 0 radical (unpaired) electrons. The van der Waals surface area contributed by atoms with Crippen LogP contribution in [0.5, 0.6) is 5.75 Å². The van der Waals surface area contributed by atoms with Gasteiger partial charge in [0.15, 0.2) is 0 Å². The molecule has 36 heavy (non-hydrogen) atoms. The first kappa shape index (κ1) is 27.4. The number of benzene rings is 2. The molecule has 0 aliphatic carbocycles. The second kappa shape index (κ2) is 12.2. The molecule has 0 aliphatic rings. The largest absolute Gasteiger partial charge is 0.497 e. The molecule has 0 aliphatic heterocycles. The lowest BCUT2D eigenvalue weighted by Gasteiger charge is -2.27. The number of carbonyl (C=O) groups excluding carboxylic acids is 1. The van der Waals surface area contributed by atoms with Crippen LogP contribution in [0.25, 0.3) is 22.3 Å². The highest BCUT2D eigenvalue weighted by atomic mass is 16.5. The van der Waals surface area contributed by atoms with Gasteiger partial charge in [0.2, 0.25) is 5.91 Å². The van der Waals surface area contributed by atoms with Crippen molar-refractivity contribution < 1.29 is 14.6 Å². The van der Waals surface area contributed by atoms with E-state index in [9.17, 15) is 9.59 Å². The van der Waals surface area contributed by atoms with Crippen LogP contribution >= 0.6 is 0 Å². The monoisotopic (exact) mass is 493 g/mol. The lowest BCUT2D eigenvalue weighted by atomic mass is 9.92. The molecule has 1 aromatic heterocycles. The number of ether oxygens (including phenoxy) is 1. The first-order valence-electron chi connectivity index (χ1n) is 12.7. The van der Waals surface area contributed by atoms with Gasteiger partial charge in [0.1, 0.15) is 18.0 Å². The number of fused-ring (bicyclic) bond motifs is 1. The van der Waals surface area contributed by atoms with Crippen LogP contribution in [0.2, 0.25) is 0 Å². The summed E-state index contributed by atoms with van der Waals surface area (Å²) in [5, 5.41) is 9.09. The van der Waals surface area contributed by atoms with Gasteiger partial charge in [-0.15, -0.1) is 0 Å². The summed E-state index contributed by atoms with van der Waals surface area (Å²) in [6.07, 6.45) is 3.19. The predicted molar refractivity (Wildman–Crippen MR) is 144 cm³/mol. The standard InChI is InChI=1S/C29H39N3O4/c1-6-16-31(17-15-29(2,3)4)26(34)20-32-25-19-23(36-5)13-14-24(25)30-27(28(32)35)22-11-9-21(10-12-22)8-7-18-33/h9-14,19,33H,6-8,15-18,20H2,1-5H3. The van der Waals surface area contributed by atoms with Crippen molar-refractivity contribution in [2.24, 2.45) is 5.41 Å². The minimum atomic E-state index is -0.306. The minimum Gasteiger partial charge on any atom is -0.497 e. The Morgan fingerprint density at radius 3 is 2.44 bits per heavy atom. The van der Waals surface area contributed by atoms with E-state index in [-0.39, 0.29) is 30.0 Å². The third-order valence-electron chi connectivity index (χ3n) is 6.28. The average molecular weight is 494 g/mol. The number of aryl methyl sites for hydroxylation is 1. The molecular formula is C29H39N3O4. The van der Waals surface area contributed by atoms with Crippen LogP contribution in [0.3, 0.4) is 0 Å². The van der Waals surface area contributed by atoms with Gasteiger partial charge < -0.3 is 14.7 Å². The first-order valence-corrected chi connectivity index (χ1v) is 12.7. The van der Waals surface area contributed by atoms with Crippen molar-refractivity contribution in [2.75, 3.05) is 26.8 Å². The molecular weight excluding hydrogens is 454 g/mol. The Bertz CT molecular complexity index is 1230. The molecule has 2 aromatic carbocycles. The van der Waals surface area contributed by atoms with Crippen LogP contribution in [0.15, 0.2) is 47.3 Å². The smallest absolute Gasteiger partial charge is 0.278 e. The second-order valence-corrected chi connectivity index (χ2v) is 10.4. The fraction of sp³-hybridized carbons (Fsp3) is 0.483. The van der Waals surface area contributed by atoms with Crippen LogP contribution < -0.4 is 10.3 Å². The van der Waals surface area contributed by atoms with Gasteiger partial charge in [0, 0.05) is 31.3 Å². The van der Waals surface area contributed by atoms with E-state index in [0.717, 1.165) is 24.8 Å². The maximum Gasteiger partial charge on any atom is 0.278 e. The van der Waals surface area contributed by atoms with Crippen molar-refractivity contribution >= 4 is 16.9 Å². The molecule has 0 fully saturated rings. The normalized spacial score (nSPS) is 11.6. The Morgan fingerprint density at radius 1 is 1.11 bits per heavy atom. The SMILES string of the molecule is CCCN(CCC(C)(C)C)C(=O)Cn1c(=O)c(-c2ccc(CCCO)cc2)nc2ccc(OC)cc21. The lowest BCUT2D eigenvalue weighted by Crippen LogP contribution is -2.39. The number of rotatable bonds is 11. The molecule has 7 heteroatoms. The zero-order valence-electron chi connectivity index (χ0n) is 22.2. The molecule has 0 unspecified atom stereocenters. The number of aromatic nitrogens is 2.